The molecule has 0 spiro atoms. The van der Waals surface area contributed by atoms with E-state index in [1.807, 2.05) is 15.8 Å². The highest BCUT2D eigenvalue weighted by atomic mass is 32.1. The van der Waals surface area contributed by atoms with Gasteiger partial charge >= 0.3 is 0 Å². The normalized spacial score (nSPS) is 24.1. The zero-order valence-electron chi connectivity index (χ0n) is 12.6. The SMILES string of the molecule is Nc1cc(N2CC3CCC(C2)N(Cc2cscn2)C3=O)ncn1. The van der Waals surface area contributed by atoms with Gasteiger partial charge in [0.2, 0.25) is 5.91 Å². The summed E-state index contributed by atoms with van der Waals surface area (Å²) in [5.41, 5.74) is 8.55. The lowest BCUT2D eigenvalue weighted by molar-refractivity contribution is -0.140. The van der Waals surface area contributed by atoms with E-state index >= 15 is 0 Å². The van der Waals surface area contributed by atoms with Crippen LogP contribution in [-0.4, -0.2) is 44.9 Å². The Labute approximate surface area is 138 Å². The minimum absolute atomic E-state index is 0.0172. The summed E-state index contributed by atoms with van der Waals surface area (Å²) in [5, 5.41) is 2.01. The molecule has 5 heterocycles. The van der Waals surface area contributed by atoms with Crippen molar-refractivity contribution in [3.63, 3.8) is 0 Å². The lowest BCUT2D eigenvalue weighted by Gasteiger charge is -2.35. The maximum atomic E-state index is 12.8. The Morgan fingerprint density at radius 3 is 2.96 bits per heavy atom. The monoisotopic (exact) mass is 330 g/mol. The summed E-state index contributed by atoms with van der Waals surface area (Å²) in [6.45, 7) is 2.07. The number of anilines is 2. The summed E-state index contributed by atoms with van der Waals surface area (Å²) in [4.78, 5) is 29.5. The first kappa shape index (κ1) is 14.4. The molecule has 2 N–H and O–H groups in total. The van der Waals surface area contributed by atoms with E-state index in [-0.39, 0.29) is 17.9 Å². The largest absolute Gasteiger partial charge is 0.384 e. The highest BCUT2D eigenvalue weighted by Gasteiger charge is 2.41. The van der Waals surface area contributed by atoms with Gasteiger partial charge in [-0.15, -0.1) is 11.3 Å². The number of fused-ring (bicyclic) bond motifs is 4. The number of hydrogen-bond acceptors (Lipinski definition) is 7. The first-order valence-electron chi connectivity index (χ1n) is 7.70. The van der Waals surface area contributed by atoms with E-state index in [0.29, 0.717) is 18.9 Å². The first-order chi connectivity index (χ1) is 11.2. The van der Waals surface area contributed by atoms with Crippen LogP contribution in [0, 0.1) is 5.92 Å². The van der Waals surface area contributed by atoms with Gasteiger partial charge in [0, 0.05) is 30.6 Å². The van der Waals surface area contributed by atoms with Crippen LogP contribution in [0.1, 0.15) is 18.5 Å². The van der Waals surface area contributed by atoms with E-state index in [1.54, 1.807) is 17.4 Å². The molecular formula is C15H18N6OS. The molecule has 7 nitrogen and oxygen atoms in total. The maximum Gasteiger partial charge on any atom is 0.228 e. The minimum Gasteiger partial charge on any atom is -0.384 e. The maximum absolute atomic E-state index is 12.8. The summed E-state index contributed by atoms with van der Waals surface area (Å²) in [5.74, 6) is 1.51. The van der Waals surface area contributed by atoms with Crippen molar-refractivity contribution in [3.8, 4) is 0 Å². The predicted molar refractivity (Wildman–Crippen MR) is 87.8 cm³/mol. The van der Waals surface area contributed by atoms with Crippen molar-refractivity contribution >= 4 is 28.9 Å². The van der Waals surface area contributed by atoms with E-state index in [9.17, 15) is 4.79 Å². The average Bonchev–Trinajstić information content (AvgIpc) is 2.91. The van der Waals surface area contributed by atoms with Gasteiger partial charge in [0.25, 0.3) is 0 Å². The molecule has 2 unspecified atom stereocenters. The van der Waals surface area contributed by atoms with E-state index in [1.165, 1.54) is 6.33 Å². The number of carbonyl (C=O) groups excluding carboxylic acids is 1. The molecule has 2 atom stereocenters. The summed E-state index contributed by atoms with van der Waals surface area (Å²) in [6, 6.07) is 1.97. The summed E-state index contributed by atoms with van der Waals surface area (Å²) >= 11 is 1.56. The van der Waals surface area contributed by atoms with Crippen molar-refractivity contribution in [2.45, 2.75) is 25.4 Å². The second-order valence-corrected chi connectivity index (χ2v) is 6.80. The topological polar surface area (TPSA) is 88.2 Å². The van der Waals surface area contributed by atoms with Crippen LogP contribution in [0.25, 0.3) is 0 Å². The third-order valence-electron chi connectivity index (χ3n) is 4.61. The molecule has 3 fully saturated rings. The molecule has 1 amide bonds. The molecule has 0 aromatic carbocycles. The Bertz CT molecular complexity index is 706. The Morgan fingerprint density at radius 2 is 2.17 bits per heavy atom. The van der Waals surface area contributed by atoms with Gasteiger partial charge in [-0.05, 0) is 12.8 Å². The standard InChI is InChI=1S/C15H18N6OS/c16-13-3-14(18-8-17-13)20-4-10-1-2-12(6-20)21(15(10)22)5-11-7-23-9-19-11/h3,7-10,12H,1-2,4-6H2,(H2,16,17,18). The highest BCUT2D eigenvalue weighted by molar-refractivity contribution is 7.07. The Balaban J connectivity index is 1.59. The van der Waals surface area contributed by atoms with E-state index in [4.69, 9.17) is 5.73 Å². The smallest absolute Gasteiger partial charge is 0.228 e. The number of nitrogens with two attached hydrogens (primary N) is 1. The number of nitrogen functional groups attached to an aromatic ring is 1. The molecule has 0 aliphatic carbocycles. The van der Waals surface area contributed by atoms with Gasteiger partial charge in [-0.3, -0.25) is 4.79 Å². The molecule has 3 aliphatic rings. The quantitative estimate of drug-likeness (QED) is 0.908. The van der Waals surface area contributed by atoms with Crippen molar-refractivity contribution in [1.29, 1.82) is 0 Å². The number of hydrogen-bond donors (Lipinski definition) is 1. The summed E-state index contributed by atoms with van der Waals surface area (Å²) < 4.78 is 0. The van der Waals surface area contributed by atoms with Crippen molar-refractivity contribution in [2.24, 2.45) is 5.92 Å². The Kier molecular flexibility index (Phi) is 3.60. The minimum atomic E-state index is 0.0172. The zero-order chi connectivity index (χ0) is 15.8. The first-order valence-corrected chi connectivity index (χ1v) is 8.65. The van der Waals surface area contributed by atoms with Crippen molar-refractivity contribution < 1.29 is 4.79 Å². The van der Waals surface area contributed by atoms with Gasteiger partial charge in [0.1, 0.15) is 18.0 Å². The van der Waals surface area contributed by atoms with Crippen LogP contribution in [0.5, 0.6) is 0 Å². The van der Waals surface area contributed by atoms with Crippen LogP contribution in [0.2, 0.25) is 0 Å². The molecule has 2 bridgehead atoms. The van der Waals surface area contributed by atoms with Gasteiger partial charge in [-0.1, -0.05) is 0 Å². The molecule has 5 rings (SSSR count). The van der Waals surface area contributed by atoms with Gasteiger partial charge in [0.05, 0.1) is 23.7 Å². The fourth-order valence-corrected chi connectivity index (χ4v) is 4.01. The van der Waals surface area contributed by atoms with Crippen LogP contribution < -0.4 is 10.6 Å². The molecule has 0 radical (unpaired) electrons. The lowest BCUT2D eigenvalue weighted by atomic mass is 9.94. The summed E-state index contributed by atoms with van der Waals surface area (Å²) in [7, 11) is 0. The van der Waals surface area contributed by atoms with Crippen LogP contribution in [0.15, 0.2) is 23.3 Å². The average molecular weight is 330 g/mol. The third-order valence-corrected chi connectivity index (χ3v) is 5.24. The fourth-order valence-electron chi connectivity index (χ4n) is 3.46. The van der Waals surface area contributed by atoms with Gasteiger partial charge < -0.3 is 15.5 Å². The van der Waals surface area contributed by atoms with Crippen LogP contribution in [0.4, 0.5) is 11.6 Å². The molecule has 120 valence electrons. The molecule has 2 aromatic heterocycles. The molecule has 23 heavy (non-hydrogen) atoms. The van der Waals surface area contributed by atoms with Crippen molar-refractivity contribution in [3.05, 3.63) is 29.0 Å². The molecule has 2 aromatic rings. The molecular weight excluding hydrogens is 312 g/mol. The van der Waals surface area contributed by atoms with E-state index in [2.05, 4.69) is 19.9 Å². The van der Waals surface area contributed by atoms with Crippen LogP contribution in [-0.2, 0) is 11.3 Å². The van der Waals surface area contributed by atoms with E-state index < -0.39 is 0 Å². The zero-order valence-corrected chi connectivity index (χ0v) is 13.4. The van der Waals surface area contributed by atoms with Gasteiger partial charge in [-0.2, -0.15) is 0 Å². The number of aromatic nitrogens is 3. The summed E-state index contributed by atoms with van der Waals surface area (Å²) in [6.07, 6.45) is 3.44. The number of rotatable bonds is 3. The van der Waals surface area contributed by atoms with Crippen LogP contribution >= 0.6 is 11.3 Å². The van der Waals surface area contributed by atoms with Crippen LogP contribution in [0.3, 0.4) is 0 Å². The fraction of sp³-hybridized carbons (Fsp3) is 0.467. The van der Waals surface area contributed by atoms with Gasteiger partial charge in [0.15, 0.2) is 0 Å². The lowest BCUT2D eigenvalue weighted by Crippen LogP contribution is -2.47. The van der Waals surface area contributed by atoms with E-state index in [0.717, 1.165) is 30.9 Å². The number of carbonyl (C=O) groups is 1. The number of nitrogens with zero attached hydrogens (tertiary/aromatic N) is 5. The Morgan fingerprint density at radius 1 is 1.26 bits per heavy atom. The second-order valence-electron chi connectivity index (χ2n) is 6.08. The molecule has 8 heteroatoms. The van der Waals surface area contributed by atoms with Gasteiger partial charge in [-0.25, -0.2) is 15.0 Å². The van der Waals surface area contributed by atoms with Crippen molar-refractivity contribution in [1.82, 2.24) is 19.9 Å². The number of amides is 1. The molecule has 3 saturated heterocycles. The number of thiazole rings is 1. The third kappa shape index (κ3) is 2.74. The molecule has 3 aliphatic heterocycles. The second kappa shape index (κ2) is 5.77. The Hall–Kier alpha value is -2.22. The van der Waals surface area contributed by atoms with Crippen molar-refractivity contribution in [2.75, 3.05) is 23.7 Å². The predicted octanol–water partition coefficient (Wildman–Crippen LogP) is 1.14. The molecule has 0 saturated carbocycles. The highest BCUT2D eigenvalue weighted by Crippen LogP contribution is 2.32. The number of piperidine rings is 1.